The summed E-state index contributed by atoms with van der Waals surface area (Å²) in [5.41, 5.74) is 0. The van der Waals surface area contributed by atoms with Crippen molar-refractivity contribution in [2.45, 2.75) is 18.2 Å². The molecule has 0 N–H and O–H groups in total. The number of nitrogens with zero attached hydrogens (tertiary/aromatic N) is 2. The predicted molar refractivity (Wildman–Crippen MR) is 54.0 cm³/mol. The third-order valence-corrected chi connectivity index (χ3v) is 2.84. The minimum atomic E-state index is 0.110. The molecule has 0 aliphatic rings. The van der Waals surface area contributed by atoms with Crippen molar-refractivity contribution in [1.29, 1.82) is 0 Å². The Balaban J connectivity index is 2.26. The molecule has 1 atom stereocenters. The fourth-order valence-electron chi connectivity index (χ4n) is 1.04. The second-order valence-corrected chi connectivity index (χ2v) is 3.90. The second-order valence-electron chi connectivity index (χ2n) is 2.80. The number of aromatic nitrogens is 2. The van der Waals surface area contributed by atoms with Crippen molar-refractivity contribution in [3.05, 3.63) is 24.3 Å². The Labute approximate surface area is 89.4 Å². The van der Waals surface area contributed by atoms with E-state index in [0.29, 0.717) is 17.5 Å². The van der Waals surface area contributed by atoms with Crippen LogP contribution in [0, 0.1) is 0 Å². The molecule has 0 aliphatic carbocycles. The molecule has 0 aromatic carbocycles. The SMILES string of the molecule is CCC(Br)c1nnc(-c2ccco2)o1. The van der Waals surface area contributed by atoms with Crippen LogP contribution in [0.2, 0.25) is 0 Å². The Hall–Kier alpha value is -1.10. The van der Waals surface area contributed by atoms with Gasteiger partial charge in [-0.05, 0) is 18.6 Å². The molecule has 2 rings (SSSR count). The lowest BCUT2D eigenvalue weighted by atomic mass is 10.3. The Kier molecular flexibility index (Phi) is 2.67. The zero-order valence-electron chi connectivity index (χ0n) is 7.61. The van der Waals surface area contributed by atoms with Crippen LogP contribution in [-0.4, -0.2) is 10.2 Å². The predicted octanol–water partition coefficient (Wildman–Crippen LogP) is 3.18. The maximum absolute atomic E-state index is 5.42. The largest absolute Gasteiger partial charge is 0.459 e. The van der Waals surface area contributed by atoms with Gasteiger partial charge in [-0.15, -0.1) is 10.2 Å². The number of hydrogen-bond acceptors (Lipinski definition) is 4. The molecule has 74 valence electrons. The zero-order valence-corrected chi connectivity index (χ0v) is 9.19. The highest BCUT2D eigenvalue weighted by molar-refractivity contribution is 9.09. The maximum Gasteiger partial charge on any atom is 0.283 e. The van der Waals surface area contributed by atoms with E-state index in [4.69, 9.17) is 8.83 Å². The second kappa shape index (κ2) is 3.96. The first-order valence-electron chi connectivity index (χ1n) is 4.32. The van der Waals surface area contributed by atoms with E-state index in [9.17, 15) is 0 Å². The van der Waals surface area contributed by atoms with Gasteiger partial charge in [-0.3, -0.25) is 0 Å². The minimum absolute atomic E-state index is 0.110. The standard InChI is InChI=1S/C9H9BrN2O2/c1-2-6(10)8-11-12-9(14-8)7-4-3-5-13-7/h3-6H,2H2,1H3. The Morgan fingerprint density at radius 3 is 3.00 bits per heavy atom. The van der Waals surface area contributed by atoms with Crippen molar-refractivity contribution < 1.29 is 8.83 Å². The molecular formula is C9H9BrN2O2. The van der Waals surface area contributed by atoms with Gasteiger partial charge < -0.3 is 8.83 Å². The molecular weight excluding hydrogens is 248 g/mol. The summed E-state index contributed by atoms with van der Waals surface area (Å²) < 4.78 is 10.6. The molecule has 2 aromatic rings. The van der Waals surface area contributed by atoms with E-state index < -0.39 is 0 Å². The third-order valence-electron chi connectivity index (χ3n) is 1.80. The van der Waals surface area contributed by atoms with Gasteiger partial charge in [-0.25, -0.2) is 0 Å². The summed E-state index contributed by atoms with van der Waals surface area (Å²) in [5.74, 6) is 1.60. The monoisotopic (exact) mass is 256 g/mol. The summed E-state index contributed by atoms with van der Waals surface area (Å²) in [6.45, 7) is 2.04. The molecule has 1 unspecified atom stereocenters. The molecule has 0 bridgehead atoms. The molecule has 14 heavy (non-hydrogen) atoms. The van der Waals surface area contributed by atoms with Crippen molar-refractivity contribution in [2.75, 3.05) is 0 Å². The number of hydrogen-bond donors (Lipinski definition) is 0. The fraction of sp³-hybridized carbons (Fsp3) is 0.333. The molecule has 0 spiro atoms. The molecule has 2 heterocycles. The van der Waals surface area contributed by atoms with Gasteiger partial charge in [0.1, 0.15) is 0 Å². The van der Waals surface area contributed by atoms with E-state index in [0.717, 1.165) is 6.42 Å². The highest BCUT2D eigenvalue weighted by atomic mass is 79.9. The van der Waals surface area contributed by atoms with E-state index in [-0.39, 0.29) is 4.83 Å². The summed E-state index contributed by atoms with van der Waals surface area (Å²) in [5, 5.41) is 7.81. The lowest BCUT2D eigenvalue weighted by Crippen LogP contribution is -1.86. The van der Waals surface area contributed by atoms with Gasteiger partial charge >= 0.3 is 0 Å². The maximum atomic E-state index is 5.42. The first kappa shape index (κ1) is 9.45. The van der Waals surface area contributed by atoms with Crippen molar-refractivity contribution in [2.24, 2.45) is 0 Å². The fourth-order valence-corrected chi connectivity index (χ4v) is 1.22. The molecule has 0 fully saturated rings. The van der Waals surface area contributed by atoms with E-state index in [1.807, 2.05) is 6.92 Å². The van der Waals surface area contributed by atoms with Gasteiger partial charge in [0, 0.05) is 0 Å². The molecule has 0 aliphatic heterocycles. The molecule has 0 amide bonds. The molecule has 0 saturated carbocycles. The highest BCUT2D eigenvalue weighted by Gasteiger charge is 2.15. The number of furan rings is 1. The molecule has 2 aromatic heterocycles. The number of halogens is 1. The third kappa shape index (κ3) is 1.72. The lowest BCUT2D eigenvalue weighted by Gasteiger charge is -1.96. The Bertz CT molecular complexity index is 397. The Morgan fingerprint density at radius 2 is 2.36 bits per heavy atom. The van der Waals surface area contributed by atoms with Gasteiger partial charge in [0.15, 0.2) is 5.76 Å². The minimum Gasteiger partial charge on any atom is -0.459 e. The van der Waals surface area contributed by atoms with E-state index >= 15 is 0 Å². The van der Waals surface area contributed by atoms with Crippen LogP contribution in [0.5, 0.6) is 0 Å². The van der Waals surface area contributed by atoms with Crippen molar-refractivity contribution in [3.8, 4) is 11.7 Å². The summed E-state index contributed by atoms with van der Waals surface area (Å²) in [4.78, 5) is 0.110. The highest BCUT2D eigenvalue weighted by Crippen LogP contribution is 2.27. The Morgan fingerprint density at radius 1 is 1.50 bits per heavy atom. The van der Waals surface area contributed by atoms with Crippen LogP contribution < -0.4 is 0 Å². The van der Waals surface area contributed by atoms with Gasteiger partial charge in [0.25, 0.3) is 5.89 Å². The van der Waals surface area contributed by atoms with Gasteiger partial charge in [-0.2, -0.15) is 0 Å². The van der Waals surface area contributed by atoms with Crippen LogP contribution >= 0.6 is 15.9 Å². The zero-order chi connectivity index (χ0) is 9.97. The van der Waals surface area contributed by atoms with E-state index in [1.54, 1.807) is 18.4 Å². The van der Waals surface area contributed by atoms with Crippen LogP contribution in [0.1, 0.15) is 24.1 Å². The quantitative estimate of drug-likeness (QED) is 0.792. The van der Waals surface area contributed by atoms with E-state index in [2.05, 4.69) is 26.1 Å². The van der Waals surface area contributed by atoms with Gasteiger partial charge in [0.05, 0.1) is 11.1 Å². The van der Waals surface area contributed by atoms with Crippen molar-refractivity contribution in [3.63, 3.8) is 0 Å². The smallest absolute Gasteiger partial charge is 0.283 e. The summed E-state index contributed by atoms with van der Waals surface area (Å²) in [6.07, 6.45) is 2.48. The van der Waals surface area contributed by atoms with Crippen molar-refractivity contribution in [1.82, 2.24) is 10.2 Å². The van der Waals surface area contributed by atoms with E-state index in [1.165, 1.54) is 0 Å². The normalized spacial score (nSPS) is 13.0. The van der Waals surface area contributed by atoms with Crippen LogP contribution in [0.3, 0.4) is 0 Å². The average molecular weight is 257 g/mol. The average Bonchev–Trinajstić information content (AvgIpc) is 2.86. The van der Waals surface area contributed by atoms with Crippen LogP contribution in [0.4, 0.5) is 0 Å². The first-order valence-corrected chi connectivity index (χ1v) is 5.24. The summed E-state index contributed by atoms with van der Waals surface area (Å²) in [7, 11) is 0. The number of rotatable bonds is 3. The summed E-state index contributed by atoms with van der Waals surface area (Å²) >= 11 is 3.43. The van der Waals surface area contributed by atoms with Gasteiger partial charge in [-0.1, -0.05) is 22.9 Å². The lowest BCUT2D eigenvalue weighted by molar-refractivity contribution is 0.476. The van der Waals surface area contributed by atoms with Crippen LogP contribution in [0.25, 0.3) is 11.7 Å². The van der Waals surface area contributed by atoms with Crippen LogP contribution in [-0.2, 0) is 0 Å². The molecule has 4 nitrogen and oxygen atoms in total. The first-order chi connectivity index (χ1) is 6.81. The van der Waals surface area contributed by atoms with Gasteiger partial charge in [0.2, 0.25) is 5.89 Å². The molecule has 0 radical (unpaired) electrons. The topological polar surface area (TPSA) is 52.1 Å². The molecule has 5 heteroatoms. The number of alkyl halides is 1. The molecule has 0 saturated heterocycles. The van der Waals surface area contributed by atoms with Crippen molar-refractivity contribution >= 4 is 15.9 Å². The van der Waals surface area contributed by atoms with Crippen LogP contribution in [0.15, 0.2) is 27.2 Å². The summed E-state index contributed by atoms with van der Waals surface area (Å²) in [6, 6.07) is 3.57.